The zero-order valence-corrected chi connectivity index (χ0v) is 16.0. The van der Waals surface area contributed by atoms with Crippen LogP contribution in [0.5, 0.6) is 5.75 Å². The maximum atomic E-state index is 12.3. The van der Waals surface area contributed by atoms with Gasteiger partial charge in [0.25, 0.3) is 0 Å². The van der Waals surface area contributed by atoms with Gasteiger partial charge in [0, 0.05) is 62.8 Å². The first-order chi connectivity index (χ1) is 13.2. The van der Waals surface area contributed by atoms with Crippen LogP contribution in [0, 0.1) is 0 Å². The lowest BCUT2D eigenvalue weighted by Crippen LogP contribution is -2.39. The van der Waals surface area contributed by atoms with Crippen molar-refractivity contribution >= 4 is 5.91 Å². The van der Waals surface area contributed by atoms with Crippen LogP contribution in [0.25, 0.3) is 0 Å². The number of methoxy groups -OCH3 is 1. The number of hydrogen-bond acceptors (Lipinski definition) is 6. The molecule has 0 saturated carbocycles. The second kappa shape index (κ2) is 9.41. The molecule has 1 fully saturated rings. The summed E-state index contributed by atoms with van der Waals surface area (Å²) in [6.45, 7) is 4.97. The van der Waals surface area contributed by atoms with Crippen LogP contribution in [0.1, 0.15) is 37.4 Å². The summed E-state index contributed by atoms with van der Waals surface area (Å²) in [6, 6.07) is 4.09. The molecular weight excluding hydrogens is 342 g/mol. The van der Waals surface area contributed by atoms with Crippen LogP contribution in [0.4, 0.5) is 0 Å². The van der Waals surface area contributed by atoms with E-state index in [-0.39, 0.29) is 11.9 Å². The van der Waals surface area contributed by atoms with E-state index in [2.05, 4.69) is 19.9 Å². The second-order valence-electron chi connectivity index (χ2n) is 6.94. The summed E-state index contributed by atoms with van der Waals surface area (Å²) < 4.78 is 5.29. The number of pyridine rings is 1. The fourth-order valence-corrected chi connectivity index (χ4v) is 3.61. The number of rotatable bonds is 6. The molecule has 0 aliphatic carbocycles. The van der Waals surface area contributed by atoms with Crippen molar-refractivity contribution in [3.63, 3.8) is 0 Å². The fraction of sp³-hybridized carbons (Fsp3) is 0.500. The topological polar surface area (TPSA) is 71.5 Å². The largest absolute Gasteiger partial charge is 0.497 e. The van der Waals surface area contributed by atoms with E-state index in [9.17, 15) is 4.79 Å². The zero-order valence-electron chi connectivity index (χ0n) is 16.0. The third kappa shape index (κ3) is 5.47. The SMILES string of the molecule is COc1ccnc(CN2CCC[C@H](N(Cc3cncnc3)C(C)=O)CC2)c1. The molecule has 0 unspecified atom stereocenters. The Balaban J connectivity index is 1.61. The standard InChI is InChI=1S/C20H27N5O2/c1-16(26)25(13-17-11-21-15-22-12-17)19-4-3-8-24(9-6-19)14-18-10-20(27-2)5-7-23-18/h5,7,10-12,15,19H,3-4,6,8-9,13-14H2,1-2H3/t19-/m0/s1. The number of carbonyl (C=O) groups excluding carboxylic acids is 1. The Labute approximate surface area is 160 Å². The molecule has 7 nitrogen and oxygen atoms in total. The summed E-state index contributed by atoms with van der Waals surface area (Å²) >= 11 is 0. The van der Waals surface area contributed by atoms with Crippen molar-refractivity contribution < 1.29 is 9.53 Å². The summed E-state index contributed by atoms with van der Waals surface area (Å²) in [5, 5.41) is 0. The van der Waals surface area contributed by atoms with Gasteiger partial charge in [-0.2, -0.15) is 0 Å². The van der Waals surface area contributed by atoms with E-state index < -0.39 is 0 Å². The molecule has 1 aliphatic rings. The third-order valence-corrected chi connectivity index (χ3v) is 5.01. The van der Waals surface area contributed by atoms with Crippen LogP contribution < -0.4 is 4.74 Å². The van der Waals surface area contributed by atoms with Crippen LogP contribution in [0.15, 0.2) is 37.1 Å². The molecule has 1 aliphatic heterocycles. The van der Waals surface area contributed by atoms with E-state index in [1.165, 1.54) is 6.33 Å². The molecule has 0 spiro atoms. The Morgan fingerprint density at radius 3 is 2.85 bits per heavy atom. The van der Waals surface area contributed by atoms with Crippen molar-refractivity contribution in [1.82, 2.24) is 24.8 Å². The van der Waals surface area contributed by atoms with Gasteiger partial charge in [-0.25, -0.2) is 9.97 Å². The maximum Gasteiger partial charge on any atom is 0.219 e. The number of aromatic nitrogens is 3. The number of nitrogens with zero attached hydrogens (tertiary/aromatic N) is 5. The monoisotopic (exact) mass is 369 g/mol. The van der Waals surface area contributed by atoms with E-state index in [0.29, 0.717) is 6.54 Å². The normalized spacial score (nSPS) is 17.9. The van der Waals surface area contributed by atoms with Gasteiger partial charge in [0.1, 0.15) is 12.1 Å². The first kappa shape index (κ1) is 19.2. The number of likely N-dealkylation sites (tertiary alicyclic amines) is 1. The summed E-state index contributed by atoms with van der Waals surface area (Å²) in [4.78, 5) is 29.2. The maximum absolute atomic E-state index is 12.3. The Bertz CT molecular complexity index is 740. The minimum absolute atomic E-state index is 0.103. The summed E-state index contributed by atoms with van der Waals surface area (Å²) in [7, 11) is 1.67. The molecule has 0 aromatic carbocycles. The van der Waals surface area contributed by atoms with Gasteiger partial charge in [-0.15, -0.1) is 0 Å². The Kier molecular flexibility index (Phi) is 6.70. The molecule has 3 rings (SSSR count). The predicted octanol–water partition coefficient (Wildman–Crippen LogP) is 2.28. The molecule has 2 aromatic rings. The first-order valence-corrected chi connectivity index (χ1v) is 9.38. The minimum Gasteiger partial charge on any atom is -0.497 e. The van der Waals surface area contributed by atoms with Gasteiger partial charge >= 0.3 is 0 Å². The lowest BCUT2D eigenvalue weighted by Gasteiger charge is -2.30. The molecule has 1 saturated heterocycles. The summed E-state index contributed by atoms with van der Waals surface area (Å²) in [6.07, 6.45) is 9.88. The molecule has 144 valence electrons. The van der Waals surface area contributed by atoms with Gasteiger partial charge in [-0.05, 0) is 31.9 Å². The van der Waals surface area contributed by atoms with Gasteiger partial charge in [0.05, 0.1) is 12.8 Å². The smallest absolute Gasteiger partial charge is 0.219 e. The van der Waals surface area contributed by atoms with Gasteiger partial charge < -0.3 is 9.64 Å². The van der Waals surface area contributed by atoms with Crippen molar-refractivity contribution in [2.75, 3.05) is 20.2 Å². The highest BCUT2D eigenvalue weighted by molar-refractivity contribution is 5.73. The molecule has 1 amide bonds. The number of ether oxygens (including phenoxy) is 1. The van der Waals surface area contributed by atoms with E-state index in [0.717, 1.165) is 55.9 Å². The average molecular weight is 369 g/mol. The van der Waals surface area contributed by atoms with E-state index >= 15 is 0 Å². The van der Waals surface area contributed by atoms with Crippen LogP contribution in [-0.2, 0) is 17.9 Å². The number of carbonyl (C=O) groups is 1. The minimum atomic E-state index is 0.103. The molecule has 27 heavy (non-hydrogen) atoms. The van der Waals surface area contributed by atoms with Gasteiger partial charge in [-0.3, -0.25) is 14.7 Å². The molecule has 0 bridgehead atoms. The van der Waals surface area contributed by atoms with Crippen molar-refractivity contribution in [3.8, 4) is 5.75 Å². The number of hydrogen-bond donors (Lipinski definition) is 0. The Hall–Kier alpha value is -2.54. The third-order valence-electron chi connectivity index (χ3n) is 5.01. The van der Waals surface area contributed by atoms with Crippen LogP contribution >= 0.6 is 0 Å². The molecule has 0 radical (unpaired) electrons. The zero-order chi connectivity index (χ0) is 19.1. The summed E-state index contributed by atoms with van der Waals surface area (Å²) in [5.74, 6) is 0.937. The Morgan fingerprint density at radius 2 is 2.11 bits per heavy atom. The van der Waals surface area contributed by atoms with Crippen molar-refractivity contribution in [2.24, 2.45) is 0 Å². The van der Waals surface area contributed by atoms with Crippen molar-refractivity contribution in [3.05, 3.63) is 48.3 Å². The van der Waals surface area contributed by atoms with Crippen LogP contribution in [-0.4, -0.2) is 56.9 Å². The van der Waals surface area contributed by atoms with Gasteiger partial charge in [0.15, 0.2) is 0 Å². The fourth-order valence-electron chi connectivity index (χ4n) is 3.61. The predicted molar refractivity (Wildman–Crippen MR) is 102 cm³/mol. The Morgan fingerprint density at radius 1 is 1.30 bits per heavy atom. The van der Waals surface area contributed by atoms with Gasteiger partial charge in [0.2, 0.25) is 5.91 Å². The molecular formula is C20H27N5O2. The van der Waals surface area contributed by atoms with Crippen LogP contribution in [0.2, 0.25) is 0 Å². The first-order valence-electron chi connectivity index (χ1n) is 9.38. The molecule has 7 heteroatoms. The van der Waals surface area contributed by atoms with E-state index in [4.69, 9.17) is 4.74 Å². The van der Waals surface area contributed by atoms with E-state index in [1.807, 2.05) is 17.0 Å². The lowest BCUT2D eigenvalue weighted by molar-refractivity contribution is -0.132. The molecule has 2 aromatic heterocycles. The summed E-state index contributed by atoms with van der Waals surface area (Å²) in [5.41, 5.74) is 1.98. The molecule has 3 heterocycles. The van der Waals surface area contributed by atoms with E-state index in [1.54, 1.807) is 32.6 Å². The van der Waals surface area contributed by atoms with Crippen molar-refractivity contribution in [1.29, 1.82) is 0 Å². The highest BCUT2D eigenvalue weighted by Gasteiger charge is 2.25. The quantitative estimate of drug-likeness (QED) is 0.778. The average Bonchev–Trinajstić information content (AvgIpc) is 2.92. The lowest BCUT2D eigenvalue weighted by atomic mass is 10.1. The molecule has 1 atom stereocenters. The van der Waals surface area contributed by atoms with Crippen LogP contribution in [0.3, 0.4) is 0 Å². The highest BCUT2D eigenvalue weighted by atomic mass is 16.5. The highest BCUT2D eigenvalue weighted by Crippen LogP contribution is 2.21. The second-order valence-corrected chi connectivity index (χ2v) is 6.94. The van der Waals surface area contributed by atoms with Gasteiger partial charge in [-0.1, -0.05) is 0 Å². The molecule has 0 N–H and O–H groups in total. The number of amides is 1. The van der Waals surface area contributed by atoms with Crippen molar-refractivity contribution in [2.45, 2.75) is 45.3 Å².